The zero-order valence-electron chi connectivity index (χ0n) is 10.7. The van der Waals surface area contributed by atoms with Crippen LogP contribution < -0.4 is 5.32 Å². The second-order valence-corrected chi connectivity index (χ2v) is 4.17. The maximum absolute atomic E-state index is 12.2. The fourth-order valence-electron chi connectivity index (χ4n) is 1.80. The van der Waals surface area contributed by atoms with Gasteiger partial charge in [-0.25, -0.2) is 4.98 Å². The van der Waals surface area contributed by atoms with Crippen LogP contribution in [0.1, 0.15) is 16.2 Å². The van der Waals surface area contributed by atoms with E-state index in [1.54, 1.807) is 13.0 Å². The van der Waals surface area contributed by atoms with Crippen molar-refractivity contribution in [3.05, 3.63) is 54.2 Å². The molecular formula is C14H11N3O3. The molecule has 1 N–H and O–H groups in total. The van der Waals surface area contributed by atoms with Gasteiger partial charge in [-0.1, -0.05) is 35.5 Å². The number of carbonyl (C=O) groups is 1. The molecule has 0 bridgehead atoms. The number of oxazole rings is 1. The van der Waals surface area contributed by atoms with E-state index < -0.39 is 5.91 Å². The Morgan fingerprint density at radius 3 is 2.75 bits per heavy atom. The molecule has 0 unspecified atom stereocenters. The third-order valence-corrected chi connectivity index (χ3v) is 2.69. The van der Waals surface area contributed by atoms with E-state index in [1.165, 1.54) is 6.39 Å². The summed E-state index contributed by atoms with van der Waals surface area (Å²) in [7, 11) is 0. The molecule has 0 saturated heterocycles. The number of aryl methyl sites for hydroxylation is 1. The fraction of sp³-hybridized carbons (Fsp3) is 0.0714. The van der Waals surface area contributed by atoms with Crippen LogP contribution in [-0.2, 0) is 0 Å². The lowest BCUT2D eigenvalue weighted by Gasteiger charge is -2.01. The third-order valence-electron chi connectivity index (χ3n) is 2.69. The minimum atomic E-state index is -0.397. The van der Waals surface area contributed by atoms with Gasteiger partial charge in [-0.05, 0) is 6.92 Å². The Morgan fingerprint density at radius 1 is 1.25 bits per heavy atom. The van der Waals surface area contributed by atoms with E-state index in [1.807, 2.05) is 30.3 Å². The molecule has 3 aromatic rings. The molecule has 1 amide bonds. The molecule has 0 aliphatic heterocycles. The van der Waals surface area contributed by atoms with Crippen LogP contribution in [0.15, 0.2) is 51.7 Å². The molecule has 100 valence electrons. The van der Waals surface area contributed by atoms with Crippen molar-refractivity contribution in [1.82, 2.24) is 10.1 Å². The highest BCUT2D eigenvalue weighted by Gasteiger charge is 2.19. The van der Waals surface area contributed by atoms with Crippen LogP contribution in [-0.4, -0.2) is 16.0 Å². The SMILES string of the molecule is Cc1cc(NC(=O)c2ncoc2-c2ccccc2)no1. The van der Waals surface area contributed by atoms with Gasteiger partial charge < -0.3 is 14.3 Å². The van der Waals surface area contributed by atoms with Crippen molar-refractivity contribution in [3.63, 3.8) is 0 Å². The highest BCUT2D eigenvalue weighted by Crippen LogP contribution is 2.23. The van der Waals surface area contributed by atoms with Gasteiger partial charge in [-0.3, -0.25) is 4.79 Å². The number of benzene rings is 1. The molecule has 1 aromatic carbocycles. The number of hydrogen-bond donors (Lipinski definition) is 1. The summed E-state index contributed by atoms with van der Waals surface area (Å²) in [5.74, 6) is 0.979. The van der Waals surface area contributed by atoms with E-state index in [-0.39, 0.29) is 5.69 Å². The molecule has 2 heterocycles. The molecule has 0 aliphatic carbocycles. The first kappa shape index (κ1) is 12.2. The van der Waals surface area contributed by atoms with Crippen molar-refractivity contribution >= 4 is 11.7 Å². The summed E-state index contributed by atoms with van der Waals surface area (Å²) in [5.41, 5.74) is 0.989. The summed E-state index contributed by atoms with van der Waals surface area (Å²) < 4.78 is 10.2. The molecule has 20 heavy (non-hydrogen) atoms. The van der Waals surface area contributed by atoms with Crippen LogP contribution in [0.2, 0.25) is 0 Å². The summed E-state index contributed by atoms with van der Waals surface area (Å²) in [6.07, 6.45) is 1.24. The van der Waals surface area contributed by atoms with Gasteiger partial charge in [0.1, 0.15) is 5.76 Å². The topological polar surface area (TPSA) is 81.2 Å². The molecular weight excluding hydrogens is 258 g/mol. The van der Waals surface area contributed by atoms with Gasteiger partial charge in [0, 0.05) is 11.6 Å². The molecule has 3 rings (SSSR count). The van der Waals surface area contributed by atoms with Gasteiger partial charge >= 0.3 is 0 Å². The summed E-state index contributed by atoms with van der Waals surface area (Å²) in [6.45, 7) is 1.74. The Balaban J connectivity index is 1.88. The van der Waals surface area contributed by atoms with Gasteiger partial charge in [0.25, 0.3) is 5.91 Å². The normalized spacial score (nSPS) is 10.4. The van der Waals surface area contributed by atoms with Gasteiger partial charge in [0.05, 0.1) is 0 Å². The minimum Gasteiger partial charge on any atom is -0.443 e. The number of nitrogens with one attached hydrogen (secondary N) is 1. The van der Waals surface area contributed by atoms with Crippen LogP contribution in [0.5, 0.6) is 0 Å². The Morgan fingerprint density at radius 2 is 2.05 bits per heavy atom. The number of carbonyl (C=O) groups excluding carboxylic acids is 1. The molecule has 0 atom stereocenters. The monoisotopic (exact) mass is 269 g/mol. The lowest BCUT2D eigenvalue weighted by molar-refractivity contribution is 0.102. The van der Waals surface area contributed by atoms with E-state index in [0.717, 1.165) is 5.56 Å². The van der Waals surface area contributed by atoms with Crippen molar-refractivity contribution in [2.75, 3.05) is 5.32 Å². The quantitative estimate of drug-likeness (QED) is 0.790. The maximum Gasteiger partial charge on any atom is 0.279 e. The van der Waals surface area contributed by atoms with Crippen LogP contribution in [0.4, 0.5) is 5.82 Å². The Hall–Kier alpha value is -2.89. The zero-order chi connectivity index (χ0) is 13.9. The first-order chi connectivity index (χ1) is 9.74. The van der Waals surface area contributed by atoms with Crippen molar-refractivity contribution in [1.29, 1.82) is 0 Å². The van der Waals surface area contributed by atoms with Crippen LogP contribution in [0, 0.1) is 6.92 Å². The molecule has 0 aliphatic rings. The molecule has 0 saturated carbocycles. The Kier molecular flexibility index (Phi) is 3.04. The fourth-order valence-corrected chi connectivity index (χ4v) is 1.80. The Bertz CT molecular complexity index is 731. The lowest BCUT2D eigenvalue weighted by Crippen LogP contribution is -2.13. The standard InChI is InChI=1S/C14H11N3O3/c1-9-7-11(17-20-9)16-14(18)12-13(19-8-15-12)10-5-3-2-4-6-10/h2-8H,1H3,(H,16,17,18). The molecule has 6 heteroatoms. The first-order valence-electron chi connectivity index (χ1n) is 5.97. The zero-order valence-corrected chi connectivity index (χ0v) is 10.7. The minimum absolute atomic E-state index is 0.205. The number of nitrogens with zero attached hydrogens (tertiary/aromatic N) is 2. The smallest absolute Gasteiger partial charge is 0.279 e. The van der Waals surface area contributed by atoms with Gasteiger partial charge in [0.2, 0.25) is 0 Å². The van der Waals surface area contributed by atoms with Crippen LogP contribution in [0.25, 0.3) is 11.3 Å². The summed E-state index contributed by atoms with van der Waals surface area (Å²) in [6, 6.07) is 10.9. The van der Waals surface area contributed by atoms with Crippen LogP contribution >= 0.6 is 0 Å². The Labute approximate surface area is 114 Å². The number of amides is 1. The molecule has 0 radical (unpaired) electrons. The molecule has 0 fully saturated rings. The second-order valence-electron chi connectivity index (χ2n) is 4.17. The van der Waals surface area contributed by atoms with E-state index in [0.29, 0.717) is 17.3 Å². The maximum atomic E-state index is 12.2. The highest BCUT2D eigenvalue weighted by molar-refractivity contribution is 6.05. The van der Waals surface area contributed by atoms with Gasteiger partial charge in [0.15, 0.2) is 23.7 Å². The summed E-state index contributed by atoms with van der Waals surface area (Å²) in [5, 5.41) is 6.31. The van der Waals surface area contributed by atoms with Crippen molar-refractivity contribution < 1.29 is 13.7 Å². The summed E-state index contributed by atoms with van der Waals surface area (Å²) >= 11 is 0. The summed E-state index contributed by atoms with van der Waals surface area (Å²) in [4.78, 5) is 16.1. The molecule has 6 nitrogen and oxygen atoms in total. The number of anilines is 1. The second kappa shape index (κ2) is 5.00. The van der Waals surface area contributed by atoms with Crippen molar-refractivity contribution in [2.45, 2.75) is 6.92 Å². The predicted molar refractivity (Wildman–Crippen MR) is 71.1 cm³/mol. The third kappa shape index (κ3) is 2.31. The molecule has 2 aromatic heterocycles. The predicted octanol–water partition coefficient (Wildman–Crippen LogP) is 2.89. The lowest BCUT2D eigenvalue weighted by atomic mass is 10.1. The number of rotatable bonds is 3. The van der Waals surface area contributed by atoms with Gasteiger partial charge in [-0.15, -0.1) is 0 Å². The van der Waals surface area contributed by atoms with E-state index in [9.17, 15) is 4.79 Å². The first-order valence-corrected chi connectivity index (χ1v) is 5.97. The molecule has 0 spiro atoms. The van der Waals surface area contributed by atoms with Crippen LogP contribution in [0.3, 0.4) is 0 Å². The van der Waals surface area contributed by atoms with Crippen molar-refractivity contribution in [3.8, 4) is 11.3 Å². The highest BCUT2D eigenvalue weighted by atomic mass is 16.5. The van der Waals surface area contributed by atoms with Gasteiger partial charge in [-0.2, -0.15) is 0 Å². The van der Waals surface area contributed by atoms with Crippen molar-refractivity contribution in [2.24, 2.45) is 0 Å². The van der Waals surface area contributed by atoms with E-state index >= 15 is 0 Å². The van der Waals surface area contributed by atoms with E-state index in [4.69, 9.17) is 8.94 Å². The average Bonchev–Trinajstić information content (AvgIpc) is 3.09. The number of hydrogen-bond acceptors (Lipinski definition) is 5. The number of aromatic nitrogens is 2. The van der Waals surface area contributed by atoms with E-state index in [2.05, 4.69) is 15.5 Å². The largest absolute Gasteiger partial charge is 0.443 e. The average molecular weight is 269 g/mol.